The summed E-state index contributed by atoms with van der Waals surface area (Å²) in [6.07, 6.45) is 0. The van der Waals surface area contributed by atoms with Crippen LogP contribution in [0.2, 0.25) is 0 Å². The van der Waals surface area contributed by atoms with Gasteiger partial charge in [-0.15, -0.1) is 0 Å². The molecular weight excluding hydrogens is 695 g/mol. The molecule has 1 N–H and O–H groups in total. The number of rotatable bonds is 3. The van der Waals surface area contributed by atoms with Crippen LogP contribution < -0.4 is 0 Å². The van der Waals surface area contributed by atoms with Gasteiger partial charge in [0.2, 0.25) is 5.95 Å². The summed E-state index contributed by atoms with van der Waals surface area (Å²) in [5, 5.41) is 4.64. The first-order chi connectivity index (χ1) is 28.3. The molecule has 5 heteroatoms. The molecule has 2 aliphatic rings. The summed E-state index contributed by atoms with van der Waals surface area (Å²) in [5.74, 6) is 1.84. The van der Waals surface area contributed by atoms with E-state index in [1.165, 1.54) is 49.7 Å². The molecule has 57 heavy (non-hydrogen) atoms. The molecule has 5 nitrogen and oxygen atoms in total. The molecule has 0 fully saturated rings. The molecule has 0 saturated carbocycles. The first-order valence-corrected chi connectivity index (χ1v) is 19.5. The van der Waals surface area contributed by atoms with Crippen molar-refractivity contribution in [2.45, 2.75) is 5.41 Å². The second-order valence-electron chi connectivity index (χ2n) is 15.2. The molecule has 0 unspecified atom stereocenters. The molecule has 13 rings (SSSR count). The first kappa shape index (κ1) is 30.7. The molecule has 2 aliphatic carbocycles. The highest BCUT2D eigenvalue weighted by Crippen LogP contribution is 2.63. The van der Waals surface area contributed by atoms with Gasteiger partial charge in [0.15, 0.2) is 11.6 Å². The zero-order valence-electron chi connectivity index (χ0n) is 30.6. The van der Waals surface area contributed by atoms with Crippen LogP contribution in [0.4, 0.5) is 0 Å². The van der Waals surface area contributed by atoms with Crippen LogP contribution in [0.15, 0.2) is 182 Å². The molecule has 0 saturated heterocycles. The van der Waals surface area contributed by atoms with E-state index in [2.05, 4.69) is 173 Å². The highest BCUT2D eigenvalue weighted by molar-refractivity contribution is 6.22. The normalized spacial score (nSPS) is 13.4. The number of nitrogens with one attached hydrogen (secondary N) is 1. The summed E-state index contributed by atoms with van der Waals surface area (Å²) in [5.41, 5.74) is 15.8. The fourth-order valence-electron chi connectivity index (χ4n) is 10.2. The highest BCUT2D eigenvalue weighted by atomic mass is 15.2. The number of hydrogen-bond acceptors (Lipinski definition) is 3. The number of benzene rings is 8. The average molecular weight is 726 g/mol. The van der Waals surface area contributed by atoms with Crippen molar-refractivity contribution >= 4 is 43.6 Å². The molecule has 0 aliphatic heterocycles. The van der Waals surface area contributed by atoms with Crippen LogP contribution in [-0.2, 0) is 5.41 Å². The number of fused-ring (bicyclic) bond motifs is 17. The van der Waals surface area contributed by atoms with Crippen LogP contribution in [-0.4, -0.2) is 24.5 Å². The number of para-hydroxylation sites is 2. The van der Waals surface area contributed by atoms with Gasteiger partial charge >= 0.3 is 0 Å². The smallest absolute Gasteiger partial charge is 0.238 e. The molecule has 0 amide bonds. The van der Waals surface area contributed by atoms with Crippen LogP contribution in [0.5, 0.6) is 0 Å². The average Bonchev–Trinajstić information content (AvgIpc) is 4.00. The number of nitrogens with zero attached hydrogens (tertiary/aromatic N) is 4. The Morgan fingerprint density at radius 3 is 1.77 bits per heavy atom. The van der Waals surface area contributed by atoms with Crippen LogP contribution >= 0.6 is 0 Å². The molecule has 0 atom stereocenters. The quantitative estimate of drug-likeness (QED) is 0.197. The van der Waals surface area contributed by atoms with Gasteiger partial charge in [0.1, 0.15) is 0 Å². The minimum Gasteiger partial charge on any atom is -0.353 e. The van der Waals surface area contributed by atoms with E-state index in [0.717, 1.165) is 49.5 Å². The maximum atomic E-state index is 5.51. The lowest BCUT2D eigenvalue weighted by molar-refractivity contribution is 0.794. The number of aromatic amines is 1. The molecular formula is C52H31N5. The van der Waals surface area contributed by atoms with Crippen molar-refractivity contribution in [3.63, 3.8) is 0 Å². The molecule has 0 radical (unpaired) electrons. The Morgan fingerprint density at radius 1 is 0.404 bits per heavy atom. The van der Waals surface area contributed by atoms with Crippen LogP contribution in [0.3, 0.4) is 0 Å². The van der Waals surface area contributed by atoms with Crippen LogP contribution in [0.1, 0.15) is 22.3 Å². The Bertz CT molecular complexity index is 3440. The van der Waals surface area contributed by atoms with Gasteiger partial charge in [0.05, 0.1) is 22.0 Å². The molecule has 3 heterocycles. The van der Waals surface area contributed by atoms with E-state index >= 15 is 0 Å². The van der Waals surface area contributed by atoms with Gasteiger partial charge in [-0.1, -0.05) is 170 Å². The van der Waals surface area contributed by atoms with Crippen molar-refractivity contribution < 1.29 is 0 Å². The Kier molecular flexibility index (Phi) is 6.04. The zero-order valence-corrected chi connectivity index (χ0v) is 30.6. The Morgan fingerprint density at radius 2 is 0.982 bits per heavy atom. The van der Waals surface area contributed by atoms with E-state index in [0.29, 0.717) is 17.6 Å². The molecule has 264 valence electrons. The van der Waals surface area contributed by atoms with Gasteiger partial charge < -0.3 is 4.98 Å². The second-order valence-corrected chi connectivity index (χ2v) is 15.2. The Balaban J connectivity index is 1.14. The minimum atomic E-state index is -0.471. The number of hydrogen-bond donors (Lipinski definition) is 1. The van der Waals surface area contributed by atoms with Crippen molar-refractivity contribution in [3.05, 3.63) is 204 Å². The Hall–Kier alpha value is -7.63. The topological polar surface area (TPSA) is 59.4 Å². The zero-order chi connectivity index (χ0) is 37.2. The van der Waals surface area contributed by atoms with Crippen molar-refractivity contribution in [2.24, 2.45) is 0 Å². The third kappa shape index (κ3) is 3.94. The van der Waals surface area contributed by atoms with Crippen LogP contribution in [0.25, 0.3) is 94.6 Å². The summed E-state index contributed by atoms with van der Waals surface area (Å²) >= 11 is 0. The molecule has 1 spiro atoms. The monoisotopic (exact) mass is 725 g/mol. The van der Waals surface area contributed by atoms with Crippen molar-refractivity contribution in [1.82, 2.24) is 24.5 Å². The fraction of sp³-hybridized carbons (Fsp3) is 0.0192. The highest BCUT2D eigenvalue weighted by Gasteiger charge is 2.52. The van der Waals surface area contributed by atoms with E-state index < -0.39 is 5.41 Å². The summed E-state index contributed by atoms with van der Waals surface area (Å²) < 4.78 is 2.24. The summed E-state index contributed by atoms with van der Waals surface area (Å²) in [7, 11) is 0. The van der Waals surface area contributed by atoms with Gasteiger partial charge in [-0.25, -0.2) is 4.98 Å². The molecule has 8 aromatic carbocycles. The molecule has 0 bridgehead atoms. The van der Waals surface area contributed by atoms with Gasteiger partial charge in [-0.2, -0.15) is 9.97 Å². The Labute approximate surface area is 327 Å². The lowest BCUT2D eigenvalue weighted by atomic mass is 9.70. The van der Waals surface area contributed by atoms with Crippen molar-refractivity contribution in [3.8, 4) is 51.0 Å². The lowest BCUT2D eigenvalue weighted by Crippen LogP contribution is -2.25. The van der Waals surface area contributed by atoms with Crippen molar-refractivity contribution in [2.75, 3.05) is 0 Å². The first-order valence-electron chi connectivity index (χ1n) is 19.5. The third-order valence-corrected chi connectivity index (χ3v) is 12.4. The lowest BCUT2D eigenvalue weighted by Gasteiger charge is -2.30. The predicted octanol–water partition coefficient (Wildman–Crippen LogP) is 12.3. The molecule has 3 aromatic heterocycles. The predicted molar refractivity (Wildman–Crippen MR) is 231 cm³/mol. The number of H-pyrrole nitrogens is 1. The van der Waals surface area contributed by atoms with Gasteiger partial charge in [0, 0.05) is 38.2 Å². The minimum absolute atomic E-state index is 0.471. The maximum Gasteiger partial charge on any atom is 0.238 e. The van der Waals surface area contributed by atoms with E-state index in [1.807, 2.05) is 18.2 Å². The fourth-order valence-corrected chi connectivity index (χ4v) is 10.2. The van der Waals surface area contributed by atoms with Crippen molar-refractivity contribution in [1.29, 1.82) is 0 Å². The summed E-state index contributed by atoms with van der Waals surface area (Å²) in [6, 6.07) is 65.3. The third-order valence-electron chi connectivity index (χ3n) is 12.4. The van der Waals surface area contributed by atoms with E-state index in [4.69, 9.17) is 15.0 Å². The van der Waals surface area contributed by atoms with Crippen LogP contribution in [0, 0.1) is 0 Å². The summed E-state index contributed by atoms with van der Waals surface area (Å²) in [4.78, 5) is 20.0. The maximum absolute atomic E-state index is 5.51. The van der Waals surface area contributed by atoms with E-state index in [-0.39, 0.29) is 0 Å². The van der Waals surface area contributed by atoms with E-state index in [1.54, 1.807) is 0 Å². The second kappa shape index (κ2) is 11.2. The summed E-state index contributed by atoms with van der Waals surface area (Å²) in [6.45, 7) is 0. The standard InChI is InChI=1S/C52H31N5/c1-2-15-31(16-3-1)49-54-50(56-51(55-49)57-45-28-13-8-20-35(45)37-30-29-36-34-19-7-12-27-44(34)53-47(36)48(37)57)39-22-14-26-43-46(39)38-21-6-11-25-42(38)52(43)40-23-9-4-17-32(40)33-18-5-10-24-41(33)52/h1-30,53H. The largest absolute Gasteiger partial charge is 0.353 e. The molecule has 11 aromatic rings. The van der Waals surface area contributed by atoms with Gasteiger partial charge in [-0.05, 0) is 56.6 Å². The van der Waals surface area contributed by atoms with Gasteiger partial charge in [0.25, 0.3) is 0 Å². The van der Waals surface area contributed by atoms with E-state index in [9.17, 15) is 0 Å². The van der Waals surface area contributed by atoms with Gasteiger partial charge in [-0.3, -0.25) is 4.57 Å². The number of aromatic nitrogens is 5. The SMILES string of the molecule is c1ccc(-c2nc(-c3cccc4c3-c3ccccc3C43c4ccccc4-c4ccccc43)nc(-n3c4ccccc4c4ccc5c6ccccc6[nH]c5c43)n2)cc1.